The average Bonchev–Trinajstić information content (AvgIpc) is 3.33. The number of benzene rings is 3. The predicted octanol–water partition coefficient (Wildman–Crippen LogP) is 7.56. The minimum Gasteiger partial charge on any atom is -0.455 e. The highest BCUT2D eigenvalue weighted by molar-refractivity contribution is 7.98. The second-order valence-electron chi connectivity index (χ2n) is 8.42. The molecule has 8 heteroatoms. The predicted molar refractivity (Wildman–Crippen MR) is 142 cm³/mol. The molecule has 3 heterocycles. The van der Waals surface area contributed by atoms with Gasteiger partial charge in [0.1, 0.15) is 5.76 Å². The third-order valence-corrected chi connectivity index (χ3v) is 6.96. The Bertz CT molecular complexity index is 1540. The van der Waals surface area contributed by atoms with Crippen molar-refractivity contribution in [2.24, 2.45) is 0 Å². The van der Waals surface area contributed by atoms with E-state index in [1.165, 1.54) is 22.9 Å². The maximum Gasteiger partial charge on any atom is 0.247 e. The third kappa shape index (κ3) is 4.67. The zero-order valence-electron chi connectivity index (χ0n) is 19.3. The van der Waals surface area contributed by atoms with Gasteiger partial charge in [-0.3, -0.25) is 0 Å². The van der Waals surface area contributed by atoms with Crippen LogP contribution in [0.2, 0.25) is 5.02 Å². The van der Waals surface area contributed by atoms with Crippen molar-refractivity contribution >= 4 is 29.1 Å². The number of nitrogens with zero attached hydrogens (tertiary/aromatic N) is 3. The van der Waals surface area contributed by atoms with Gasteiger partial charge in [0.15, 0.2) is 11.5 Å². The van der Waals surface area contributed by atoms with Gasteiger partial charge in [-0.1, -0.05) is 83.5 Å². The summed E-state index contributed by atoms with van der Waals surface area (Å²) in [6, 6.07) is 27.6. The van der Waals surface area contributed by atoms with Gasteiger partial charge < -0.3 is 14.5 Å². The van der Waals surface area contributed by atoms with Crippen LogP contribution in [0.1, 0.15) is 23.1 Å². The number of fused-ring (bicyclic) bond motifs is 3. The van der Waals surface area contributed by atoms with Crippen molar-refractivity contribution < 1.29 is 9.15 Å². The second-order valence-corrected chi connectivity index (χ2v) is 9.80. The second kappa shape index (κ2) is 9.68. The van der Waals surface area contributed by atoms with Crippen LogP contribution >= 0.6 is 23.4 Å². The fourth-order valence-electron chi connectivity index (χ4n) is 3.96. The maximum absolute atomic E-state index is 6.35. The molecule has 6 nitrogen and oxygen atoms in total. The van der Waals surface area contributed by atoms with E-state index in [0.29, 0.717) is 33.3 Å². The molecule has 0 saturated carbocycles. The van der Waals surface area contributed by atoms with E-state index >= 15 is 0 Å². The third-order valence-electron chi connectivity index (χ3n) is 5.82. The van der Waals surface area contributed by atoms with Gasteiger partial charge >= 0.3 is 0 Å². The molecule has 1 aliphatic heterocycles. The van der Waals surface area contributed by atoms with Gasteiger partial charge in [-0.05, 0) is 42.8 Å². The van der Waals surface area contributed by atoms with Crippen LogP contribution in [-0.4, -0.2) is 15.2 Å². The molecule has 0 saturated heterocycles. The number of aromatic nitrogens is 3. The van der Waals surface area contributed by atoms with Gasteiger partial charge in [0, 0.05) is 27.6 Å². The van der Waals surface area contributed by atoms with E-state index in [1.807, 2.05) is 60.7 Å². The first kappa shape index (κ1) is 22.6. The fraction of sp³-hybridized carbons (Fsp3) is 0.107. The summed E-state index contributed by atoms with van der Waals surface area (Å²) < 4.78 is 12.5. The number of hydrogen-bond acceptors (Lipinski definition) is 7. The molecule has 0 fully saturated rings. The minimum absolute atomic E-state index is 0.402. The van der Waals surface area contributed by atoms with Crippen LogP contribution < -0.4 is 10.1 Å². The summed E-state index contributed by atoms with van der Waals surface area (Å²) in [6.07, 6.45) is -0.605. The molecule has 2 aromatic heterocycles. The Morgan fingerprint density at radius 1 is 0.944 bits per heavy atom. The standard InChI is InChI=1S/C28H21ClN4O2S/c1-17-9-11-18(12-10-17)16-36-28-31-27-25(32-33-28)21-7-2-3-8-22(21)30-26(35-27)24-14-13-23(34-24)19-5-4-6-20(29)15-19/h2-15,26,30H,16H2,1H3/t26-/m0/s1. The number of nitrogens with one attached hydrogen (secondary N) is 1. The molecule has 36 heavy (non-hydrogen) atoms. The van der Waals surface area contributed by atoms with Crippen molar-refractivity contribution in [2.45, 2.75) is 24.1 Å². The SMILES string of the molecule is Cc1ccc(CSc2nnc3c(n2)O[C@@H](c2ccc(-c4cccc(Cl)c4)o2)Nc2ccccc2-3)cc1. The smallest absolute Gasteiger partial charge is 0.247 e. The van der Waals surface area contributed by atoms with E-state index in [1.54, 1.807) is 0 Å². The van der Waals surface area contributed by atoms with E-state index in [4.69, 9.17) is 25.7 Å². The number of rotatable bonds is 5. The van der Waals surface area contributed by atoms with Gasteiger partial charge in [-0.25, -0.2) is 0 Å². The Morgan fingerprint density at radius 3 is 2.67 bits per heavy atom. The lowest BCUT2D eigenvalue weighted by Crippen LogP contribution is -2.16. The van der Waals surface area contributed by atoms with Crippen LogP contribution in [0.25, 0.3) is 22.6 Å². The molecule has 0 aliphatic carbocycles. The quantitative estimate of drug-likeness (QED) is 0.243. The highest BCUT2D eigenvalue weighted by Crippen LogP contribution is 2.40. The number of anilines is 1. The molecule has 0 radical (unpaired) electrons. The van der Waals surface area contributed by atoms with Gasteiger partial charge in [-0.2, -0.15) is 4.98 Å². The number of halogens is 1. The van der Waals surface area contributed by atoms with E-state index in [9.17, 15) is 0 Å². The summed E-state index contributed by atoms with van der Waals surface area (Å²) >= 11 is 7.69. The summed E-state index contributed by atoms with van der Waals surface area (Å²) in [5.74, 6) is 2.45. The van der Waals surface area contributed by atoms with Crippen LogP contribution in [-0.2, 0) is 5.75 Å². The summed E-state index contributed by atoms with van der Waals surface area (Å²) in [7, 11) is 0. The van der Waals surface area contributed by atoms with Gasteiger partial charge in [-0.15, -0.1) is 10.2 Å². The van der Waals surface area contributed by atoms with E-state index in [0.717, 1.165) is 22.6 Å². The Kier molecular flexibility index (Phi) is 6.09. The zero-order valence-corrected chi connectivity index (χ0v) is 20.9. The highest BCUT2D eigenvalue weighted by atomic mass is 35.5. The molecule has 1 atom stereocenters. The lowest BCUT2D eigenvalue weighted by molar-refractivity contribution is 0.196. The number of ether oxygens (including phenoxy) is 1. The Balaban J connectivity index is 1.32. The average molecular weight is 513 g/mol. The van der Waals surface area contributed by atoms with Crippen molar-refractivity contribution in [1.29, 1.82) is 0 Å². The van der Waals surface area contributed by atoms with Crippen molar-refractivity contribution in [3.63, 3.8) is 0 Å². The molecular formula is C28H21ClN4O2S. The first-order chi connectivity index (χ1) is 17.6. The molecule has 178 valence electrons. The Morgan fingerprint density at radius 2 is 1.81 bits per heavy atom. The Hall–Kier alpha value is -3.81. The molecule has 6 rings (SSSR count). The first-order valence-corrected chi connectivity index (χ1v) is 12.8. The van der Waals surface area contributed by atoms with Crippen molar-refractivity contribution in [3.05, 3.63) is 107 Å². The number of para-hydroxylation sites is 1. The van der Waals surface area contributed by atoms with E-state index < -0.39 is 6.23 Å². The molecule has 3 aromatic carbocycles. The van der Waals surface area contributed by atoms with Crippen LogP contribution in [0.3, 0.4) is 0 Å². The van der Waals surface area contributed by atoms with Crippen LogP contribution in [0.4, 0.5) is 5.69 Å². The van der Waals surface area contributed by atoms with Crippen molar-refractivity contribution in [3.8, 4) is 28.5 Å². The summed E-state index contributed by atoms with van der Waals surface area (Å²) in [6.45, 7) is 2.08. The maximum atomic E-state index is 6.35. The molecule has 1 aliphatic rings. The monoisotopic (exact) mass is 512 g/mol. The van der Waals surface area contributed by atoms with Crippen LogP contribution in [0, 0.1) is 6.92 Å². The van der Waals surface area contributed by atoms with E-state index in [-0.39, 0.29) is 0 Å². The largest absolute Gasteiger partial charge is 0.455 e. The van der Waals surface area contributed by atoms with Crippen LogP contribution in [0.15, 0.2) is 94.5 Å². The lowest BCUT2D eigenvalue weighted by atomic mass is 10.1. The van der Waals surface area contributed by atoms with Gasteiger partial charge in [0.2, 0.25) is 17.3 Å². The number of furan rings is 1. The number of hydrogen-bond donors (Lipinski definition) is 1. The highest BCUT2D eigenvalue weighted by Gasteiger charge is 2.28. The molecule has 0 spiro atoms. The Labute approximate surface area is 217 Å². The molecular weight excluding hydrogens is 492 g/mol. The van der Waals surface area contributed by atoms with Gasteiger partial charge in [0.25, 0.3) is 0 Å². The topological polar surface area (TPSA) is 73.1 Å². The van der Waals surface area contributed by atoms with Crippen molar-refractivity contribution in [2.75, 3.05) is 5.32 Å². The summed E-state index contributed by atoms with van der Waals surface area (Å²) in [4.78, 5) is 4.73. The number of thioether (sulfide) groups is 1. The first-order valence-electron chi connectivity index (χ1n) is 11.4. The fourth-order valence-corrected chi connectivity index (χ4v) is 4.88. The zero-order chi connectivity index (χ0) is 24.5. The summed E-state index contributed by atoms with van der Waals surface area (Å²) in [5.41, 5.74) is 5.63. The number of aryl methyl sites for hydroxylation is 1. The molecule has 0 amide bonds. The molecule has 0 bridgehead atoms. The van der Waals surface area contributed by atoms with Gasteiger partial charge in [0.05, 0.1) is 0 Å². The lowest BCUT2D eigenvalue weighted by Gasteiger charge is -2.16. The van der Waals surface area contributed by atoms with Crippen molar-refractivity contribution in [1.82, 2.24) is 15.2 Å². The normalized spacial score (nSPS) is 14.2. The van der Waals surface area contributed by atoms with E-state index in [2.05, 4.69) is 46.7 Å². The molecule has 0 unspecified atom stereocenters. The summed E-state index contributed by atoms with van der Waals surface area (Å²) in [5, 5.41) is 13.5. The minimum atomic E-state index is -0.605. The van der Waals surface area contributed by atoms with Crippen LogP contribution in [0.5, 0.6) is 5.88 Å². The molecule has 5 aromatic rings. The molecule has 1 N–H and O–H groups in total.